The van der Waals surface area contributed by atoms with Crippen LogP contribution in [-0.2, 0) is 4.79 Å². The van der Waals surface area contributed by atoms with Crippen molar-refractivity contribution in [3.8, 4) is 11.3 Å². The molecule has 2 N–H and O–H groups in total. The molecular formula is C20H18N6O2S. The molecule has 2 aromatic heterocycles. The topological polar surface area (TPSA) is 105 Å². The molecule has 0 spiro atoms. The number of aromatic amines is 1. The zero-order chi connectivity index (χ0) is 20.4. The molecular weight excluding hydrogens is 388 g/mol. The van der Waals surface area contributed by atoms with Crippen LogP contribution in [0, 0.1) is 13.8 Å². The molecule has 0 aliphatic heterocycles. The maximum atomic E-state index is 12.4. The van der Waals surface area contributed by atoms with Gasteiger partial charge < -0.3 is 5.32 Å². The number of amides is 1. The lowest BCUT2D eigenvalue weighted by molar-refractivity contribution is -0.113. The molecule has 0 saturated carbocycles. The van der Waals surface area contributed by atoms with Crippen LogP contribution < -0.4 is 10.9 Å². The minimum atomic E-state index is -0.345. The number of thioether (sulfide) groups is 1. The number of benzene rings is 2. The molecule has 1 amide bonds. The van der Waals surface area contributed by atoms with E-state index in [4.69, 9.17) is 0 Å². The van der Waals surface area contributed by atoms with Crippen LogP contribution in [0.2, 0.25) is 0 Å². The summed E-state index contributed by atoms with van der Waals surface area (Å²) in [5.74, 6) is 0.201. The number of aryl methyl sites for hydroxylation is 2. The quantitative estimate of drug-likeness (QED) is 0.494. The molecule has 0 radical (unpaired) electrons. The number of anilines is 1. The number of nitrogens with zero attached hydrogens (tertiary/aromatic N) is 4. The van der Waals surface area contributed by atoms with E-state index in [1.54, 1.807) is 0 Å². The van der Waals surface area contributed by atoms with Gasteiger partial charge in [0.1, 0.15) is 0 Å². The second-order valence-electron chi connectivity index (χ2n) is 6.54. The summed E-state index contributed by atoms with van der Waals surface area (Å²) in [6.45, 7) is 3.91. The maximum Gasteiger partial charge on any atom is 0.279 e. The van der Waals surface area contributed by atoms with E-state index < -0.39 is 0 Å². The second kappa shape index (κ2) is 7.88. The summed E-state index contributed by atoms with van der Waals surface area (Å²) in [4.78, 5) is 27.3. The molecule has 29 heavy (non-hydrogen) atoms. The number of para-hydroxylation sites is 1. The monoisotopic (exact) mass is 406 g/mol. The predicted octanol–water partition coefficient (Wildman–Crippen LogP) is 2.83. The van der Waals surface area contributed by atoms with E-state index in [0.29, 0.717) is 10.7 Å². The molecule has 2 aromatic carbocycles. The van der Waals surface area contributed by atoms with E-state index in [9.17, 15) is 9.59 Å². The van der Waals surface area contributed by atoms with Gasteiger partial charge in [-0.15, -0.1) is 10.2 Å². The maximum absolute atomic E-state index is 12.4. The SMILES string of the molecule is Cc1ccc(-c2nn3c(SCC(=O)Nc4ccccc4C)nnc3[nH]c2=O)cc1. The van der Waals surface area contributed by atoms with Crippen LogP contribution in [0.4, 0.5) is 5.69 Å². The molecule has 0 bridgehead atoms. The van der Waals surface area contributed by atoms with Crippen molar-refractivity contribution in [2.24, 2.45) is 0 Å². The Kier molecular flexibility index (Phi) is 5.13. The number of hydrogen-bond donors (Lipinski definition) is 2. The summed E-state index contributed by atoms with van der Waals surface area (Å²) < 4.78 is 1.45. The van der Waals surface area contributed by atoms with Gasteiger partial charge in [0.15, 0.2) is 5.69 Å². The first-order valence-electron chi connectivity index (χ1n) is 8.92. The summed E-state index contributed by atoms with van der Waals surface area (Å²) in [5, 5.41) is 15.7. The third-order valence-electron chi connectivity index (χ3n) is 4.33. The Bertz CT molecular complexity index is 1250. The number of H-pyrrole nitrogens is 1. The van der Waals surface area contributed by atoms with Crippen molar-refractivity contribution in [2.75, 3.05) is 11.1 Å². The highest BCUT2D eigenvalue weighted by Crippen LogP contribution is 2.19. The highest BCUT2D eigenvalue weighted by Gasteiger charge is 2.15. The molecule has 0 saturated heterocycles. The lowest BCUT2D eigenvalue weighted by atomic mass is 10.1. The molecule has 0 aliphatic carbocycles. The zero-order valence-electron chi connectivity index (χ0n) is 15.8. The zero-order valence-corrected chi connectivity index (χ0v) is 16.7. The first-order chi connectivity index (χ1) is 14.0. The van der Waals surface area contributed by atoms with Gasteiger partial charge in [-0.2, -0.15) is 9.61 Å². The number of aromatic nitrogens is 5. The Morgan fingerprint density at radius 3 is 2.62 bits per heavy atom. The van der Waals surface area contributed by atoms with Crippen LogP contribution in [0.3, 0.4) is 0 Å². The fourth-order valence-corrected chi connectivity index (χ4v) is 3.44. The summed E-state index contributed by atoms with van der Waals surface area (Å²) >= 11 is 1.19. The largest absolute Gasteiger partial charge is 0.325 e. The van der Waals surface area contributed by atoms with E-state index >= 15 is 0 Å². The van der Waals surface area contributed by atoms with Gasteiger partial charge in [0.05, 0.1) is 5.75 Å². The van der Waals surface area contributed by atoms with Crippen molar-refractivity contribution in [3.63, 3.8) is 0 Å². The van der Waals surface area contributed by atoms with Gasteiger partial charge in [0.2, 0.25) is 11.1 Å². The van der Waals surface area contributed by atoms with Crippen molar-refractivity contribution in [1.29, 1.82) is 0 Å². The summed E-state index contributed by atoms with van der Waals surface area (Å²) in [6.07, 6.45) is 0. The summed E-state index contributed by atoms with van der Waals surface area (Å²) in [7, 11) is 0. The van der Waals surface area contributed by atoms with Crippen LogP contribution in [0.5, 0.6) is 0 Å². The van der Waals surface area contributed by atoms with Crippen molar-refractivity contribution >= 4 is 29.1 Å². The van der Waals surface area contributed by atoms with Crippen molar-refractivity contribution in [3.05, 3.63) is 70.0 Å². The Morgan fingerprint density at radius 2 is 1.86 bits per heavy atom. The fourth-order valence-electron chi connectivity index (χ4n) is 2.76. The first kappa shape index (κ1) is 18.9. The fraction of sp³-hybridized carbons (Fsp3) is 0.150. The van der Waals surface area contributed by atoms with Crippen molar-refractivity contribution in [1.82, 2.24) is 24.8 Å². The van der Waals surface area contributed by atoms with Crippen molar-refractivity contribution in [2.45, 2.75) is 19.0 Å². The molecule has 0 fully saturated rings. The van der Waals surface area contributed by atoms with E-state index in [1.165, 1.54) is 16.3 Å². The van der Waals surface area contributed by atoms with Crippen LogP contribution >= 0.6 is 11.8 Å². The predicted molar refractivity (Wildman–Crippen MR) is 112 cm³/mol. The van der Waals surface area contributed by atoms with E-state index in [0.717, 1.165) is 16.8 Å². The Morgan fingerprint density at radius 1 is 1.10 bits per heavy atom. The number of carbonyl (C=O) groups excluding carboxylic acids is 1. The normalized spacial score (nSPS) is 11.0. The Labute approximate surface area is 170 Å². The lowest BCUT2D eigenvalue weighted by Crippen LogP contribution is -2.17. The highest BCUT2D eigenvalue weighted by molar-refractivity contribution is 7.99. The van der Waals surface area contributed by atoms with Crippen molar-refractivity contribution < 1.29 is 4.79 Å². The molecule has 0 atom stereocenters. The van der Waals surface area contributed by atoms with Gasteiger partial charge in [0, 0.05) is 11.3 Å². The molecule has 8 nitrogen and oxygen atoms in total. The number of rotatable bonds is 5. The Balaban J connectivity index is 1.56. The van der Waals surface area contributed by atoms with Crippen LogP contribution in [-0.4, -0.2) is 36.5 Å². The van der Waals surface area contributed by atoms with Gasteiger partial charge in [-0.1, -0.05) is 59.8 Å². The number of fused-ring (bicyclic) bond motifs is 1. The molecule has 0 aliphatic rings. The minimum Gasteiger partial charge on any atom is -0.325 e. The van der Waals surface area contributed by atoms with Gasteiger partial charge in [-0.25, -0.2) is 0 Å². The lowest BCUT2D eigenvalue weighted by Gasteiger charge is -2.07. The summed E-state index contributed by atoms with van der Waals surface area (Å²) in [5.41, 5.74) is 3.47. The molecule has 9 heteroatoms. The van der Waals surface area contributed by atoms with E-state index in [-0.39, 0.29) is 28.7 Å². The molecule has 4 aromatic rings. The minimum absolute atomic E-state index is 0.135. The molecule has 146 valence electrons. The average molecular weight is 406 g/mol. The number of hydrogen-bond acceptors (Lipinski definition) is 6. The third kappa shape index (κ3) is 4.04. The molecule has 2 heterocycles. The standard InChI is InChI=1S/C20H18N6O2S/c1-12-7-9-14(10-8-12)17-18(28)22-19-23-24-20(26(19)25-17)29-11-16(27)21-15-6-4-3-5-13(15)2/h3-10H,11H2,1-2H3,(H,21,27)(H,22,23,28). The van der Waals surface area contributed by atoms with Crippen LogP contribution in [0.15, 0.2) is 58.5 Å². The third-order valence-corrected chi connectivity index (χ3v) is 5.25. The molecule has 0 unspecified atom stereocenters. The highest BCUT2D eigenvalue weighted by atomic mass is 32.2. The van der Waals surface area contributed by atoms with E-state index in [2.05, 4.69) is 25.6 Å². The second-order valence-corrected chi connectivity index (χ2v) is 7.48. The number of carbonyl (C=O) groups is 1. The average Bonchev–Trinajstić information content (AvgIpc) is 3.10. The van der Waals surface area contributed by atoms with Crippen LogP contribution in [0.1, 0.15) is 11.1 Å². The smallest absolute Gasteiger partial charge is 0.279 e. The Hall–Kier alpha value is -3.46. The van der Waals surface area contributed by atoms with E-state index in [1.807, 2.05) is 62.4 Å². The molecule has 4 rings (SSSR count). The van der Waals surface area contributed by atoms with Gasteiger partial charge in [0.25, 0.3) is 11.3 Å². The number of nitrogens with one attached hydrogen (secondary N) is 2. The van der Waals surface area contributed by atoms with Gasteiger partial charge >= 0.3 is 0 Å². The first-order valence-corrected chi connectivity index (χ1v) is 9.91. The van der Waals surface area contributed by atoms with Gasteiger partial charge in [-0.3, -0.25) is 14.6 Å². The summed E-state index contributed by atoms with van der Waals surface area (Å²) in [6, 6.07) is 15.1. The van der Waals surface area contributed by atoms with Gasteiger partial charge in [-0.05, 0) is 25.5 Å². The van der Waals surface area contributed by atoms with Crippen LogP contribution in [0.25, 0.3) is 17.0 Å².